The number of nitrogens with one attached hydrogen (secondary N) is 2. The summed E-state index contributed by atoms with van der Waals surface area (Å²) in [6.45, 7) is 3.23. The highest BCUT2D eigenvalue weighted by atomic mass is 16.2. The Morgan fingerprint density at radius 2 is 2.08 bits per heavy atom. The molecule has 0 aromatic carbocycles. The molecule has 66 valence electrons. The van der Waals surface area contributed by atoms with E-state index in [4.69, 9.17) is 0 Å². The van der Waals surface area contributed by atoms with Crippen molar-refractivity contribution >= 4 is 11.9 Å². The van der Waals surface area contributed by atoms with Gasteiger partial charge in [-0.25, -0.2) is 4.79 Å². The van der Waals surface area contributed by atoms with Crippen molar-refractivity contribution in [2.75, 3.05) is 0 Å². The minimum Gasteiger partial charge on any atom is -0.335 e. The van der Waals surface area contributed by atoms with Gasteiger partial charge < -0.3 is 5.32 Å². The Kier molecular flexibility index (Phi) is 2.85. The molecule has 0 saturated heterocycles. The molecule has 0 aromatic rings. The third-order valence-electron chi connectivity index (χ3n) is 1.86. The lowest BCUT2D eigenvalue weighted by Gasteiger charge is -2.25. The first-order chi connectivity index (χ1) is 5.72. The molecule has 3 amide bonds. The molecule has 1 aliphatic rings. The van der Waals surface area contributed by atoms with Gasteiger partial charge in [-0.3, -0.25) is 10.1 Å². The second-order valence-electron chi connectivity index (χ2n) is 2.79. The minimum atomic E-state index is -0.466. The van der Waals surface area contributed by atoms with Gasteiger partial charge in [-0.1, -0.05) is 6.58 Å². The van der Waals surface area contributed by atoms with Crippen LogP contribution in [0.4, 0.5) is 4.79 Å². The maximum absolute atomic E-state index is 10.9. The molecule has 0 atom stereocenters. The number of carbonyl (C=O) groups excluding carboxylic acids is 2. The van der Waals surface area contributed by atoms with Gasteiger partial charge in [0.05, 0.1) is 0 Å². The highest BCUT2D eigenvalue weighted by Gasteiger charge is 2.19. The number of urea groups is 1. The van der Waals surface area contributed by atoms with Crippen molar-refractivity contribution in [3.05, 3.63) is 12.7 Å². The summed E-state index contributed by atoms with van der Waals surface area (Å²) in [5, 5.41) is 4.78. The summed E-state index contributed by atoms with van der Waals surface area (Å²) in [7, 11) is 0. The zero-order valence-electron chi connectivity index (χ0n) is 6.80. The molecule has 1 saturated carbocycles. The molecule has 12 heavy (non-hydrogen) atoms. The molecule has 4 heteroatoms. The zero-order valence-corrected chi connectivity index (χ0v) is 6.80. The van der Waals surface area contributed by atoms with Crippen molar-refractivity contribution in [1.29, 1.82) is 0 Å². The van der Waals surface area contributed by atoms with Crippen molar-refractivity contribution in [2.45, 2.75) is 25.3 Å². The molecule has 1 aliphatic carbocycles. The van der Waals surface area contributed by atoms with Crippen LogP contribution in [0, 0.1) is 0 Å². The summed E-state index contributed by atoms with van der Waals surface area (Å²) in [5.41, 5.74) is 0. The Labute approximate surface area is 71.0 Å². The number of hydrogen-bond donors (Lipinski definition) is 2. The van der Waals surface area contributed by atoms with Crippen LogP contribution in [0.25, 0.3) is 0 Å². The maximum atomic E-state index is 10.9. The predicted molar refractivity (Wildman–Crippen MR) is 44.5 cm³/mol. The molecular formula is C8H12N2O2. The van der Waals surface area contributed by atoms with E-state index in [0.717, 1.165) is 25.3 Å². The summed E-state index contributed by atoms with van der Waals surface area (Å²) in [5.74, 6) is -0.466. The van der Waals surface area contributed by atoms with Crippen LogP contribution in [0.1, 0.15) is 19.3 Å². The average molecular weight is 168 g/mol. The maximum Gasteiger partial charge on any atom is 0.321 e. The number of imide groups is 1. The Balaban J connectivity index is 2.18. The Bertz CT molecular complexity index is 209. The summed E-state index contributed by atoms with van der Waals surface area (Å²) in [6, 6.07) is -0.174. The Morgan fingerprint density at radius 3 is 2.50 bits per heavy atom. The second-order valence-corrected chi connectivity index (χ2v) is 2.79. The molecule has 4 nitrogen and oxygen atoms in total. The first kappa shape index (κ1) is 8.77. The van der Waals surface area contributed by atoms with E-state index in [9.17, 15) is 9.59 Å². The minimum absolute atomic E-state index is 0.252. The number of carbonyl (C=O) groups is 2. The Morgan fingerprint density at radius 1 is 1.42 bits per heavy atom. The molecule has 0 aromatic heterocycles. The van der Waals surface area contributed by atoms with Crippen molar-refractivity contribution in [1.82, 2.24) is 10.6 Å². The Hall–Kier alpha value is -1.32. The van der Waals surface area contributed by atoms with Crippen molar-refractivity contribution in [2.24, 2.45) is 0 Å². The first-order valence-corrected chi connectivity index (χ1v) is 3.96. The van der Waals surface area contributed by atoms with Crippen LogP contribution >= 0.6 is 0 Å². The van der Waals surface area contributed by atoms with Crippen LogP contribution in [-0.2, 0) is 4.79 Å². The standard InChI is InChI=1S/C8H12N2O2/c1-2-7(11)10-8(12)9-6-4-3-5-6/h2,6H,1,3-5H2,(H2,9,10,11,12). The molecule has 0 heterocycles. The van der Waals surface area contributed by atoms with Crippen LogP contribution in [0.5, 0.6) is 0 Å². The molecule has 1 fully saturated rings. The lowest BCUT2D eigenvalue weighted by Crippen LogP contribution is -2.46. The highest BCUT2D eigenvalue weighted by molar-refractivity contribution is 5.99. The molecule has 0 unspecified atom stereocenters. The molecule has 0 radical (unpaired) electrons. The van der Waals surface area contributed by atoms with E-state index in [-0.39, 0.29) is 6.04 Å². The van der Waals surface area contributed by atoms with Crippen LogP contribution in [0.3, 0.4) is 0 Å². The molecule has 0 spiro atoms. The third kappa shape index (κ3) is 2.38. The fraction of sp³-hybridized carbons (Fsp3) is 0.500. The van der Waals surface area contributed by atoms with Gasteiger partial charge in [-0.15, -0.1) is 0 Å². The van der Waals surface area contributed by atoms with Gasteiger partial charge in [-0.2, -0.15) is 0 Å². The normalized spacial score (nSPS) is 16.0. The van der Waals surface area contributed by atoms with Gasteiger partial charge in [0.2, 0.25) is 0 Å². The van der Waals surface area contributed by atoms with E-state index in [1.54, 1.807) is 0 Å². The second kappa shape index (κ2) is 3.90. The summed E-state index contributed by atoms with van der Waals surface area (Å²) in [4.78, 5) is 21.5. The van der Waals surface area contributed by atoms with Gasteiger partial charge in [0.25, 0.3) is 5.91 Å². The SMILES string of the molecule is C=CC(=O)NC(=O)NC1CCC1. The quantitative estimate of drug-likeness (QED) is 0.591. The van der Waals surface area contributed by atoms with E-state index < -0.39 is 11.9 Å². The predicted octanol–water partition coefficient (Wildman–Crippen LogP) is 0.551. The van der Waals surface area contributed by atoms with Crippen LogP contribution in [0.2, 0.25) is 0 Å². The molecule has 0 aliphatic heterocycles. The molecule has 0 bridgehead atoms. The van der Waals surface area contributed by atoms with Crippen LogP contribution < -0.4 is 10.6 Å². The lowest BCUT2D eigenvalue weighted by atomic mass is 9.93. The van der Waals surface area contributed by atoms with E-state index in [0.29, 0.717) is 0 Å². The smallest absolute Gasteiger partial charge is 0.321 e. The fourth-order valence-electron chi connectivity index (χ4n) is 0.937. The van der Waals surface area contributed by atoms with E-state index >= 15 is 0 Å². The molecule has 1 rings (SSSR count). The monoisotopic (exact) mass is 168 g/mol. The summed E-state index contributed by atoms with van der Waals surface area (Å²) < 4.78 is 0. The van der Waals surface area contributed by atoms with Gasteiger partial charge >= 0.3 is 6.03 Å². The van der Waals surface area contributed by atoms with Crippen LogP contribution in [-0.4, -0.2) is 18.0 Å². The summed E-state index contributed by atoms with van der Waals surface area (Å²) in [6.07, 6.45) is 4.24. The number of hydrogen-bond acceptors (Lipinski definition) is 2. The zero-order chi connectivity index (χ0) is 8.97. The fourth-order valence-corrected chi connectivity index (χ4v) is 0.937. The van der Waals surface area contributed by atoms with E-state index in [1.165, 1.54) is 0 Å². The van der Waals surface area contributed by atoms with Gasteiger partial charge in [0.1, 0.15) is 0 Å². The third-order valence-corrected chi connectivity index (χ3v) is 1.86. The van der Waals surface area contributed by atoms with Crippen LogP contribution in [0.15, 0.2) is 12.7 Å². The van der Waals surface area contributed by atoms with Gasteiger partial charge in [0, 0.05) is 6.04 Å². The van der Waals surface area contributed by atoms with E-state index in [2.05, 4.69) is 17.2 Å². The largest absolute Gasteiger partial charge is 0.335 e. The van der Waals surface area contributed by atoms with Crippen molar-refractivity contribution in [3.8, 4) is 0 Å². The van der Waals surface area contributed by atoms with Gasteiger partial charge in [-0.05, 0) is 25.3 Å². The number of rotatable bonds is 2. The highest BCUT2D eigenvalue weighted by Crippen LogP contribution is 2.17. The van der Waals surface area contributed by atoms with Gasteiger partial charge in [0.15, 0.2) is 0 Å². The van der Waals surface area contributed by atoms with Crippen molar-refractivity contribution in [3.63, 3.8) is 0 Å². The first-order valence-electron chi connectivity index (χ1n) is 3.96. The molecular weight excluding hydrogens is 156 g/mol. The van der Waals surface area contributed by atoms with E-state index in [1.807, 2.05) is 0 Å². The number of amides is 3. The summed E-state index contributed by atoms with van der Waals surface area (Å²) >= 11 is 0. The average Bonchev–Trinajstić information content (AvgIpc) is 1.97. The molecule has 2 N–H and O–H groups in total. The topological polar surface area (TPSA) is 58.2 Å². The van der Waals surface area contributed by atoms with Crippen molar-refractivity contribution < 1.29 is 9.59 Å². The lowest BCUT2D eigenvalue weighted by molar-refractivity contribution is -0.115.